The molecule has 3 rings (SSSR count). The lowest BCUT2D eigenvalue weighted by molar-refractivity contribution is -0.162. The van der Waals surface area contributed by atoms with Crippen molar-refractivity contribution in [3.63, 3.8) is 0 Å². The third-order valence-corrected chi connectivity index (χ3v) is 6.69. The van der Waals surface area contributed by atoms with E-state index < -0.39 is 6.10 Å². The van der Waals surface area contributed by atoms with Gasteiger partial charge in [0, 0.05) is 12.3 Å². The Kier molecular flexibility index (Phi) is 6.97. The van der Waals surface area contributed by atoms with Crippen LogP contribution < -0.4 is 0 Å². The van der Waals surface area contributed by atoms with Crippen LogP contribution in [0.25, 0.3) is 0 Å². The molecule has 7 atom stereocenters. The number of aliphatic hydroxyl groups is 1. The molecular formula is C23H34O5. The predicted octanol–water partition coefficient (Wildman–Crippen LogP) is 3.95. The third kappa shape index (κ3) is 4.86. The number of carbonyl (C=O) groups excluding carboxylic acids is 2. The van der Waals surface area contributed by atoms with Gasteiger partial charge in [0.05, 0.1) is 18.4 Å². The monoisotopic (exact) mass is 390 g/mol. The third-order valence-electron chi connectivity index (χ3n) is 6.69. The molecule has 0 amide bonds. The number of aliphatic hydroxyl groups excluding tert-OH is 1. The van der Waals surface area contributed by atoms with E-state index in [9.17, 15) is 14.7 Å². The van der Waals surface area contributed by atoms with E-state index in [4.69, 9.17) is 9.47 Å². The Morgan fingerprint density at radius 1 is 1.39 bits per heavy atom. The Balaban J connectivity index is 1.70. The minimum Gasteiger partial charge on any atom is -0.462 e. The van der Waals surface area contributed by atoms with Crippen molar-refractivity contribution in [2.24, 2.45) is 23.7 Å². The highest BCUT2D eigenvalue weighted by Crippen LogP contribution is 2.44. The first-order valence-electron chi connectivity index (χ1n) is 10.8. The fourth-order valence-electron chi connectivity index (χ4n) is 4.80. The van der Waals surface area contributed by atoms with Crippen molar-refractivity contribution in [3.8, 4) is 0 Å². The molecule has 5 heteroatoms. The lowest BCUT2D eigenvalue weighted by atomic mass is 9.66. The maximum atomic E-state index is 12.4. The number of carbonyl (C=O) groups is 2. The largest absolute Gasteiger partial charge is 0.462 e. The quantitative estimate of drug-likeness (QED) is 0.695. The Labute approximate surface area is 168 Å². The van der Waals surface area contributed by atoms with Gasteiger partial charge in [-0.3, -0.25) is 9.59 Å². The number of ether oxygens (including phenoxy) is 2. The fourth-order valence-corrected chi connectivity index (χ4v) is 4.80. The molecule has 1 N–H and O–H groups in total. The number of hydrogen-bond acceptors (Lipinski definition) is 5. The average molecular weight is 391 g/mol. The maximum absolute atomic E-state index is 12.4. The van der Waals surface area contributed by atoms with Crippen LogP contribution >= 0.6 is 0 Å². The average Bonchev–Trinajstić information content (AvgIpc) is 2.66. The second-order valence-electron chi connectivity index (χ2n) is 8.76. The molecule has 5 nitrogen and oxygen atoms in total. The van der Waals surface area contributed by atoms with Crippen LogP contribution in [0.15, 0.2) is 23.8 Å². The standard InChI is InChI=1S/C23H34O5/c1-4-14(2)23(26)28-20-7-5-6-16-9-8-15(3)19(22(16)20)11-10-18-12-17(24)13-21(25)27-18/h6,8-9,14-15,17-20,22,24H,4-5,7,10-13H2,1-3H3/t14-,15?,17+,18-,19+,20?,22-/m0/s1. The Morgan fingerprint density at radius 2 is 2.18 bits per heavy atom. The molecule has 0 bridgehead atoms. The van der Waals surface area contributed by atoms with E-state index in [2.05, 4.69) is 25.2 Å². The summed E-state index contributed by atoms with van der Waals surface area (Å²) in [7, 11) is 0. The van der Waals surface area contributed by atoms with E-state index in [1.165, 1.54) is 5.57 Å². The van der Waals surface area contributed by atoms with Gasteiger partial charge in [-0.05, 0) is 49.5 Å². The predicted molar refractivity (Wildman–Crippen MR) is 106 cm³/mol. The van der Waals surface area contributed by atoms with Crippen molar-refractivity contribution in [1.82, 2.24) is 0 Å². The second kappa shape index (κ2) is 9.25. The van der Waals surface area contributed by atoms with E-state index >= 15 is 0 Å². The molecule has 0 aromatic rings. The van der Waals surface area contributed by atoms with Crippen LogP contribution in [-0.4, -0.2) is 35.4 Å². The number of esters is 2. The smallest absolute Gasteiger partial charge is 0.308 e. The highest BCUT2D eigenvalue weighted by Gasteiger charge is 2.40. The van der Waals surface area contributed by atoms with E-state index in [-0.39, 0.29) is 42.4 Å². The molecule has 0 saturated carbocycles. The summed E-state index contributed by atoms with van der Waals surface area (Å²) in [6.07, 6.45) is 10.6. The summed E-state index contributed by atoms with van der Waals surface area (Å²) >= 11 is 0. The van der Waals surface area contributed by atoms with E-state index in [1.54, 1.807) is 0 Å². The first kappa shape index (κ1) is 21.1. The van der Waals surface area contributed by atoms with Crippen molar-refractivity contribution in [2.75, 3.05) is 0 Å². The molecule has 1 aliphatic heterocycles. The van der Waals surface area contributed by atoms with Gasteiger partial charge in [0.2, 0.25) is 0 Å². The molecule has 0 aromatic heterocycles. The molecule has 1 fully saturated rings. The van der Waals surface area contributed by atoms with E-state index in [0.29, 0.717) is 18.3 Å². The van der Waals surface area contributed by atoms with E-state index in [1.807, 2.05) is 13.8 Å². The molecule has 0 spiro atoms. The van der Waals surface area contributed by atoms with Crippen LogP contribution in [0.5, 0.6) is 0 Å². The number of rotatable bonds is 6. The summed E-state index contributed by atoms with van der Waals surface area (Å²) in [6.45, 7) is 6.14. The minimum absolute atomic E-state index is 0.0764. The van der Waals surface area contributed by atoms with Crippen LogP contribution in [-0.2, 0) is 19.1 Å². The molecular weight excluding hydrogens is 356 g/mol. The molecule has 156 valence electrons. The van der Waals surface area contributed by atoms with Crippen LogP contribution in [0.2, 0.25) is 0 Å². The van der Waals surface area contributed by atoms with Gasteiger partial charge in [0.15, 0.2) is 0 Å². The Bertz CT molecular complexity index is 637. The molecule has 2 unspecified atom stereocenters. The normalized spacial score (nSPS) is 36.1. The first-order valence-corrected chi connectivity index (χ1v) is 10.8. The van der Waals surface area contributed by atoms with Crippen LogP contribution in [0.4, 0.5) is 0 Å². The van der Waals surface area contributed by atoms with Crippen molar-refractivity contribution in [1.29, 1.82) is 0 Å². The molecule has 0 aromatic carbocycles. The summed E-state index contributed by atoms with van der Waals surface area (Å²) in [5.74, 6) is 0.426. The van der Waals surface area contributed by atoms with Crippen LogP contribution in [0.3, 0.4) is 0 Å². The lowest BCUT2D eigenvalue weighted by Gasteiger charge is -2.42. The number of fused-ring (bicyclic) bond motifs is 1. The molecule has 3 aliphatic rings. The molecule has 1 saturated heterocycles. The second-order valence-corrected chi connectivity index (χ2v) is 8.76. The van der Waals surface area contributed by atoms with E-state index in [0.717, 1.165) is 32.1 Å². The highest BCUT2D eigenvalue weighted by molar-refractivity contribution is 5.72. The summed E-state index contributed by atoms with van der Waals surface area (Å²) in [4.78, 5) is 24.1. The first-order chi connectivity index (χ1) is 13.4. The SMILES string of the molecule is CC[C@H](C)C(=O)OC1CCC=C2C=CC(C)[C@@H](CC[C@H]3C[C@@H](O)CC(=O)O3)[C@H]21. The van der Waals surface area contributed by atoms with Crippen LogP contribution in [0.1, 0.15) is 65.7 Å². The Hall–Kier alpha value is -1.62. The van der Waals surface area contributed by atoms with Gasteiger partial charge in [0.25, 0.3) is 0 Å². The van der Waals surface area contributed by atoms with Crippen molar-refractivity contribution < 1.29 is 24.2 Å². The summed E-state index contributed by atoms with van der Waals surface area (Å²) in [5.41, 5.74) is 1.27. The van der Waals surface area contributed by atoms with Gasteiger partial charge in [-0.15, -0.1) is 0 Å². The van der Waals surface area contributed by atoms with Crippen molar-refractivity contribution >= 4 is 11.9 Å². The van der Waals surface area contributed by atoms with Gasteiger partial charge in [0.1, 0.15) is 12.2 Å². The zero-order chi connectivity index (χ0) is 20.3. The number of hydrogen-bond donors (Lipinski definition) is 1. The van der Waals surface area contributed by atoms with Crippen LogP contribution in [0, 0.1) is 23.7 Å². The van der Waals surface area contributed by atoms with Gasteiger partial charge in [-0.25, -0.2) is 0 Å². The van der Waals surface area contributed by atoms with Gasteiger partial charge < -0.3 is 14.6 Å². The minimum atomic E-state index is -0.593. The molecule has 1 heterocycles. The van der Waals surface area contributed by atoms with Gasteiger partial charge in [-0.1, -0.05) is 39.0 Å². The highest BCUT2D eigenvalue weighted by atomic mass is 16.5. The lowest BCUT2D eigenvalue weighted by Crippen LogP contribution is -2.40. The topological polar surface area (TPSA) is 72.8 Å². The Morgan fingerprint density at radius 3 is 2.89 bits per heavy atom. The summed E-state index contributed by atoms with van der Waals surface area (Å²) in [5, 5.41) is 9.86. The van der Waals surface area contributed by atoms with Gasteiger partial charge in [-0.2, -0.15) is 0 Å². The fraction of sp³-hybridized carbons (Fsp3) is 0.739. The van der Waals surface area contributed by atoms with Crippen molar-refractivity contribution in [2.45, 2.75) is 84.0 Å². The molecule has 2 aliphatic carbocycles. The van der Waals surface area contributed by atoms with Gasteiger partial charge >= 0.3 is 11.9 Å². The number of allylic oxidation sites excluding steroid dienone is 3. The zero-order valence-corrected chi connectivity index (χ0v) is 17.3. The summed E-state index contributed by atoms with van der Waals surface area (Å²) in [6, 6.07) is 0. The van der Waals surface area contributed by atoms with Crippen molar-refractivity contribution in [3.05, 3.63) is 23.8 Å². The number of cyclic esters (lactones) is 1. The molecule has 0 radical (unpaired) electrons. The molecule has 28 heavy (non-hydrogen) atoms. The summed E-state index contributed by atoms with van der Waals surface area (Å²) < 4.78 is 11.4. The zero-order valence-electron chi connectivity index (χ0n) is 17.3. The maximum Gasteiger partial charge on any atom is 0.308 e.